The second-order valence-corrected chi connectivity index (χ2v) is 8.03. The minimum atomic E-state index is -0.948. The molecule has 8 nitrogen and oxygen atoms in total. The Balaban J connectivity index is 1.48. The molecule has 2 aromatic carbocycles. The Hall–Kier alpha value is -3.81. The summed E-state index contributed by atoms with van der Waals surface area (Å²) in [7, 11) is 0. The van der Waals surface area contributed by atoms with Gasteiger partial charge in [0.1, 0.15) is 23.4 Å². The number of benzene rings is 2. The molecule has 3 aromatic rings. The Kier molecular flexibility index (Phi) is 5.85. The maximum Gasteiger partial charge on any atom is 0.311 e. The van der Waals surface area contributed by atoms with Crippen molar-refractivity contribution < 1.29 is 23.8 Å². The average Bonchev–Trinajstić information content (AvgIpc) is 3.39. The highest BCUT2D eigenvalue weighted by Crippen LogP contribution is 2.30. The molecule has 32 heavy (non-hydrogen) atoms. The van der Waals surface area contributed by atoms with Crippen LogP contribution in [0.5, 0.6) is 5.75 Å². The summed E-state index contributed by atoms with van der Waals surface area (Å²) >= 11 is 0. The summed E-state index contributed by atoms with van der Waals surface area (Å²) in [5.41, 5.74) is 6.77. The molecule has 1 aliphatic rings. The van der Waals surface area contributed by atoms with E-state index in [-0.39, 0.29) is 24.3 Å². The predicted molar refractivity (Wildman–Crippen MR) is 119 cm³/mol. The number of rotatable bonds is 7. The van der Waals surface area contributed by atoms with E-state index in [1.165, 1.54) is 0 Å². The fourth-order valence-corrected chi connectivity index (χ4v) is 4.05. The van der Waals surface area contributed by atoms with E-state index >= 15 is 0 Å². The Morgan fingerprint density at radius 3 is 2.66 bits per heavy atom. The molecule has 0 spiro atoms. The third-order valence-corrected chi connectivity index (χ3v) is 5.85. The van der Waals surface area contributed by atoms with Gasteiger partial charge in [-0.1, -0.05) is 24.3 Å². The molecule has 1 amide bonds. The van der Waals surface area contributed by atoms with Crippen molar-refractivity contribution in [2.75, 3.05) is 13.1 Å². The van der Waals surface area contributed by atoms with Crippen molar-refractivity contribution >= 4 is 28.5 Å². The third kappa shape index (κ3) is 4.44. The quantitative estimate of drug-likeness (QED) is 0.386. The first kappa shape index (κ1) is 21.4. The SMILES string of the molecule is CC(=O)N1CC[C@H](Oc2ccc(C(Cc3occ4cc(C(=N)N)ccc34)C(=O)O)cc2)C1. The molecule has 1 aromatic heterocycles. The lowest BCUT2D eigenvalue weighted by Crippen LogP contribution is -2.28. The number of carboxylic acids is 1. The number of carbonyl (C=O) groups excluding carboxylic acids is 1. The van der Waals surface area contributed by atoms with Gasteiger partial charge in [-0.2, -0.15) is 0 Å². The molecular formula is C24H25N3O5. The van der Waals surface area contributed by atoms with Crippen molar-refractivity contribution in [1.29, 1.82) is 5.41 Å². The Morgan fingerprint density at radius 2 is 2.03 bits per heavy atom. The number of fused-ring (bicyclic) bond motifs is 1. The molecule has 1 aliphatic heterocycles. The number of nitrogens with two attached hydrogens (primary N) is 1. The van der Waals surface area contributed by atoms with Gasteiger partial charge in [-0.25, -0.2) is 0 Å². The number of furan rings is 1. The van der Waals surface area contributed by atoms with Crippen LogP contribution >= 0.6 is 0 Å². The largest absolute Gasteiger partial charge is 0.489 e. The number of ether oxygens (including phenoxy) is 1. The molecule has 0 saturated carbocycles. The van der Waals surface area contributed by atoms with Crippen LogP contribution in [0.4, 0.5) is 0 Å². The summed E-state index contributed by atoms with van der Waals surface area (Å²) in [6.45, 7) is 2.80. The highest BCUT2D eigenvalue weighted by atomic mass is 16.5. The third-order valence-electron chi connectivity index (χ3n) is 5.85. The number of nitrogens with one attached hydrogen (secondary N) is 1. The zero-order valence-corrected chi connectivity index (χ0v) is 17.7. The maximum absolute atomic E-state index is 12.0. The zero-order valence-electron chi connectivity index (χ0n) is 17.7. The predicted octanol–water partition coefficient (Wildman–Crippen LogP) is 3.13. The van der Waals surface area contributed by atoms with E-state index in [2.05, 4.69) is 0 Å². The summed E-state index contributed by atoms with van der Waals surface area (Å²) in [6.07, 6.45) is 2.46. The summed E-state index contributed by atoms with van der Waals surface area (Å²) < 4.78 is 11.6. The van der Waals surface area contributed by atoms with Gasteiger partial charge < -0.3 is 24.9 Å². The van der Waals surface area contributed by atoms with Crippen LogP contribution < -0.4 is 10.5 Å². The van der Waals surface area contributed by atoms with Crippen molar-refractivity contribution in [2.45, 2.75) is 31.8 Å². The van der Waals surface area contributed by atoms with Crippen LogP contribution in [-0.2, 0) is 16.0 Å². The van der Waals surface area contributed by atoms with Crippen LogP contribution in [0, 0.1) is 5.41 Å². The maximum atomic E-state index is 12.0. The molecule has 166 valence electrons. The lowest BCUT2D eigenvalue weighted by atomic mass is 9.93. The normalized spacial score (nSPS) is 16.8. The highest BCUT2D eigenvalue weighted by molar-refractivity contribution is 5.99. The van der Waals surface area contributed by atoms with E-state index < -0.39 is 11.9 Å². The molecule has 4 N–H and O–H groups in total. The number of carbonyl (C=O) groups is 2. The van der Waals surface area contributed by atoms with Gasteiger partial charge in [0.15, 0.2) is 0 Å². The van der Waals surface area contributed by atoms with Crippen LogP contribution in [0.15, 0.2) is 53.1 Å². The van der Waals surface area contributed by atoms with Crippen molar-refractivity contribution in [3.8, 4) is 5.75 Å². The number of aliphatic carboxylic acids is 1. The molecule has 4 rings (SSSR count). The van der Waals surface area contributed by atoms with E-state index in [0.29, 0.717) is 35.7 Å². The van der Waals surface area contributed by atoms with E-state index in [1.54, 1.807) is 60.6 Å². The minimum absolute atomic E-state index is 0.0352. The van der Waals surface area contributed by atoms with Crippen molar-refractivity contribution in [2.24, 2.45) is 5.73 Å². The van der Waals surface area contributed by atoms with Gasteiger partial charge >= 0.3 is 5.97 Å². The van der Waals surface area contributed by atoms with Gasteiger partial charge in [-0.05, 0) is 23.8 Å². The molecule has 2 atom stereocenters. The summed E-state index contributed by atoms with van der Waals surface area (Å²) in [5, 5.41) is 19.0. The topological polar surface area (TPSA) is 130 Å². The van der Waals surface area contributed by atoms with E-state index in [1.807, 2.05) is 0 Å². The van der Waals surface area contributed by atoms with Crippen molar-refractivity contribution in [3.05, 3.63) is 65.6 Å². The van der Waals surface area contributed by atoms with E-state index in [4.69, 9.17) is 20.3 Å². The first-order valence-corrected chi connectivity index (χ1v) is 10.4. The fourth-order valence-electron chi connectivity index (χ4n) is 4.05. The van der Waals surface area contributed by atoms with Crippen molar-refractivity contribution in [1.82, 2.24) is 4.90 Å². The van der Waals surface area contributed by atoms with Crippen LogP contribution in [0.2, 0.25) is 0 Å². The molecule has 1 saturated heterocycles. The first-order valence-electron chi connectivity index (χ1n) is 10.4. The van der Waals surface area contributed by atoms with Gasteiger partial charge in [-0.3, -0.25) is 15.0 Å². The second kappa shape index (κ2) is 8.74. The fraction of sp³-hybridized carbons (Fsp3) is 0.292. The smallest absolute Gasteiger partial charge is 0.311 e. The number of hydrogen-bond acceptors (Lipinski definition) is 5. The van der Waals surface area contributed by atoms with Gasteiger partial charge in [0, 0.05) is 42.6 Å². The lowest BCUT2D eigenvalue weighted by Gasteiger charge is -2.16. The minimum Gasteiger partial charge on any atom is -0.489 e. The zero-order chi connectivity index (χ0) is 22.8. The van der Waals surface area contributed by atoms with Crippen LogP contribution in [0.1, 0.15) is 36.1 Å². The summed E-state index contributed by atoms with van der Waals surface area (Å²) in [6, 6.07) is 12.3. The van der Waals surface area contributed by atoms with Gasteiger partial charge in [0.25, 0.3) is 0 Å². The van der Waals surface area contributed by atoms with E-state index in [0.717, 1.165) is 17.2 Å². The standard InChI is InChI=1S/C24H25N3O5/c1-14(28)27-9-8-19(12-27)32-18-5-2-15(3-6-18)21(24(29)30)11-22-20-7-4-16(23(25)26)10-17(20)13-31-22/h2-7,10,13,19,21H,8-9,11-12H2,1H3,(H3,25,26)(H,29,30)/t19-,21?/m0/s1. The molecule has 0 bridgehead atoms. The molecule has 2 heterocycles. The number of hydrogen-bond donors (Lipinski definition) is 3. The Bertz CT molecular complexity index is 1170. The molecule has 1 fully saturated rings. The monoisotopic (exact) mass is 435 g/mol. The number of likely N-dealkylation sites (tertiary alicyclic amines) is 1. The van der Waals surface area contributed by atoms with Gasteiger partial charge in [-0.15, -0.1) is 0 Å². The number of carboxylic acid groups (broad SMARTS) is 1. The molecule has 8 heteroatoms. The Labute approximate surface area is 185 Å². The lowest BCUT2D eigenvalue weighted by molar-refractivity contribution is -0.138. The summed E-state index contributed by atoms with van der Waals surface area (Å²) in [5.74, 6) is -0.515. The van der Waals surface area contributed by atoms with Gasteiger partial charge in [0.2, 0.25) is 5.91 Å². The molecule has 0 radical (unpaired) electrons. The number of nitrogen functional groups attached to an aromatic ring is 1. The van der Waals surface area contributed by atoms with Crippen LogP contribution in [0.25, 0.3) is 10.8 Å². The first-order chi connectivity index (χ1) is 15.3. The number of amides is 1. The summed E-state index contributed by atoms with van der Waals surface area (Å²) in [4.78, 5) is 25.2. The Morgan fingerprint density at radius 1 is 1.28 bits per heavy atom. The molecule has 0 aliphatic carbocycles. The molecular weight excluding hydrogens is 410 g/mol. The van der Waals surface area contributed by atoms with Crippen LogP contribution in [0.3, 0.4) is 0 Å². The molecule has 1 unspecified atom stereocenters. The van der Waals surface area contributed by atoms with E-state index in [9.17, 15) is 14.7 Å². The van der Waals surface area contributed by atoms with Crippen LogP contribution in [-0.4, -0.2) is 46.9 Å². The van der Waals surface area contributed by atoms with Crippen molar-refractivity contribution in [3.63, 3.8) is 0 Å². The number of nitrogens with zero attached hydrogens (tertiary/aromatic N) is 1. The average molecular weight is 435 g/mol. The van der Waals surface area contributed by atoms with Gasteiger partial charge in [0.05, 0.1) is 18.7 Å². The number of amidine groups is 1. The second-order valence-electron chi connectivity index (χ2n) is 8.03. The highest BCUT2D eigenvalue weighted by Gasteiger charge is 2.26.